The summed E-state index contributed by atoms with van der Waals surface area (Å²) >= 11 is 0. The molecule has 124 valence electrons. The van der Waals surface area contributed by atoms with Crippen molar-refractivity contribution in [3.05, 3.63) is 54.2 Å². The van der Waals surface area contributed by atoms with Crippen LogP contribution in [0.4, 0.5) is 5.95 Å². The number of amides is 1. The lowest BCUT2D eigenvalue weighted by Crippen LogP contribution is -2.30. The van der Waals surface area contributed by atoms with Crippen LogP contribution in [0.5, 0.6) is 5.75 Å². The van der Waals surface area contributed by atoms with Gasteiger partial charge in [-0.3, -0.25) is 20.2 Å². The maximum Gasteiger partial charge on any atom is 0.267 e. The number of nitrogens with one attached hydrogen (secondary N) is 2. The number of nitriles is 1. The Morgan fingerprint density at radius 1 is 1.28 bits per heavy atom. The highest BCUT2D eigenvalue weighted by atomic mass is 16.5. The maximum atomic E-state index is 12.2. The van der Waals surface area contributed by atoms with Gasteiger partial charge in [0.15, 0.2) is 11.9 Å². The predicted molar refractivity (Wildman–Crippen MR) is 89.5 cm³/mol. The van der Waals surface area contributed by atoms with Crippen molar-refractivity contribution in [3.63, 3.8) is 0 Å². The first-order valence-electron chi connectivity index (χ1n) is 7.47. The monoisotopic (exact) mass is 334 g/mol. The number of rotatable bonds is 5. The molecule has 0 aliphatic rings. The van der Waals surface area contributed by atoms with E-state index in [-0.39, 0.29) is 5.95 Å². The van der Waals surface area contributed by atoms with E-state index < -0.39 is 12.0 Å². The van der Waals surface area contributed by atoms with Gasteiger partial charge in [0.2, 0.25) is 5.95 Å². The standard InChI is InChI=1S/C17H14N6O2/c1-11(25-13-7-5-12(10-18)6-8-13)16(24)21-17-20-15(22-23-17)14-4-2-3-9-19-14/h2-9,11H,1H3,(H2,20,21,22,23,24)/t11-/m1/s1. The molecule has 3 rings (SSSR count). The summed E-state index contributed by atoms with van der Waals surface area (Å²) < 4.78 is 5.54. The number of aromatic amines is 1. The molecule has 0 bridgehead atoms. The fraction of sp³-hybridized carbons (Fsp3) is 0.118. The largest absolute Gasteiger partial charge is 0.481 e. The molecule has 1 amide bonds. The minimum atomic E-state index is -0.760. The van der Waals surface area contributed by atoms with Gasteiger partial charge in [0.05, 0.1) is 11.6 Å². The molecule has 2 heterocycles. The van der Waals surface area contributed by atoms with Crippen molar-refractivity contribution in [1.29, 1.82) is 5.26 Å². The number of ether oxygens (including phenoxy) is 1. The minimum Gasteiger partial charge on any atom is -0.481 e. The molecular formula is C17H14N6O2. The third-order valence-corrected chi connectivity index (χ3v) is 3.29. The molecule has 0 spiro atoms. The van der Waals surface area contributed by atoms with Crippen LogP contribution in [-0.4, -0.2) is 32.2 Å². The Morgan fingerprint density at radius 3 is 2.76 bits per heavy atom. The summed E-state index contributed by atoms with van der Waals surface area (Å²) in [6.45, 7) is 1.61. The molecule has 0 fully saturated rings. The number of carbonyl (C=O) groups is 1. The van der Waals surface area contributed by atoms with Gasteiger partial charge in [-0.05, 0) is 43.3 Å². The van der Waals surface area contributed by atoms with Gasteiger partial charge in [0.25, 0.3) is 5.91 Å². The van der Waals surface area contributed by atoms with Gasteiger partial charge in [-0.25, -0.2) is 0 Å². The number of hydrogen-bond donors (Lipinski definition) is 2. The molecule has 1 atom stereocenters. The molecular weight excluding hydrogens is 320 g/mol. The second kappa shape index (κ2) is 7.23. The molecule has 0 radical (unpaired) electrons. The van der Waals surface area contributed by atoms with E-state index in [1.807, 2.05) is 12.1 Å². The van der Waals surface area contributed by atoms with E-state index in [1.165, 1.54) is 0 Å². The lowest BCUT2D eigenvalue weighted by molar-refractivity contribution is -0.122. The highest BCUT2D eigenvalue weighted by Gasteiger charge is 2.17. The zero-order chi connectivity index (χ0) is 17.6. The highest BCUT2D eigenvalue weighted by Crippen LogP contribution is 2.15. The number of carbonyl (C=O) groups excluding carboxylic acids is 1. The smallest absolute Gasteiger partial charge is 0.267 e. The van der Waals surface area contributed by atoms with E-state index >= 15 is 0 Å². The number of hydrogen-bond acceptors (Lipinski definition) is 6. The molecule has 0 unspecified atom stereocenters. The summed E-state index contributed by atoms with van der Waals surface area (Å²) in [6, 6.07) is 13.9. The molecule has 1 aromatic carbocycles. The third kappa shape index (κ3) is 3.97. The summed E-state index contributed by atoms with van der Waals surface area (Å²) in [5.74, 6) is 0.694. The van der Waals surface area contributed by atoms with Crippen molar-refractivity contribution >= 4 is 11.9 Å². The fourth-order valence-electron chi connectivity index (χ4n) is 2.01. The van der Waals surface area contributed by atoms with Crippen LogP contribution < -0.4 is 10.1 Å². The molecule has 2 aromatic heterocycles. The van der Waals surface area contributed by atoms with Gasteiger partial charge in [-0.1, -0.05) is 6.07 Å². The first-order chi connectivity index (χ1) is 12.2. The highest BCUT2D eigenvalue weighted by molar-refractivity contribution is 5.92. The second-order valence-corrected chi connectivity index (χ2v) is 5.11. The Morgan fingerprint density at radius 2 is 2.08 bits per heavy atom. The molecule has 0 aliphatic heterocycles. The molecule has 0 aliphatic carbocycles. The minimum absolute atomic E-state index is 0.140. The van der Waals surface area contributed by atoms with E-state index in [9.17, 15) is 4.79 Å². The number of nitrogens with zero attached hydrogens (tertiary/aromatic N) is 4. The zero-order valence-electron chi connectivity index (χ0n) is 13.3. The number of anilines is 1. The Labute approximate surface area is 143 Å². The lowest BCUT2D eigenvalue weighted by atomic mass is 10.2. The maximum absolute atomic E-state index is 12.2. The molecule has 0 saturated heterocycles. The lowest BCUT2D eigenvalue weighted by Gasteiger charge is -2.13. The Kier molecular flexibility index (Phi) is 4.67. The van der Waals surface area contributed by atoms with E-state index in [0.717, 1.165) is 0 Å². The average molecular weight is 334 g/mol. The quantitative estimate of drug-likeness (QED) is 0.738. The van der Waals surface area contributed by atoms with Crippen molar-refractivity contribution in [2.75, 3.05) is 5.32 Å². The normalized spacial score (nSPS) is 11.4. The third-order valence-electron chi connectivity index (χ3n) is 3.29. The van der Waals surface area contributed by atoms with Crippen LogP contribution in [0.3, 0.4) is 0 Å². The first-order valence-corrected chi connectivity index (χ1v) is 7.47. The molecule has 2 N–H and O–H groups in total. The van der Waals surface area contributed by atoms with Gasteiger partial charge in [-0.15, -0.1) is 5.10 Å². The average Bonchev–Trinajstić information content (AvgIpc) is 3.11. The van der Waals surface area contributed by atoms with Gasteiger partial charge in [0, 0.05) is 6.20 Å². The Hall–Kier alpha value is -3.73. The van der Waals surface area contributed by atoms with Crippen LogP contribution in [0.2, 0.25) is 0 Å². The zero-order valence-corrected chi connectivity index (χ0v) is 13.3. The summed E-state index contributed by atoms with van der Waals surface area (Å²) in [6.07, 6.45) is 0.883. The number of H-pyrrole nitrogens is 1. The van der Waals surface area contributed by atoms with E-state index in [0.29, 0.717) is 22.8 Å². The van der Waals surface area contributed by atoms with Crippen molar-refractivity contribution in [3.8, 4) is 23.3 Å². The van der Waals surface area contributed by atoms with Gasteiger partial charge in [-0.2, -0.15) is 10.2 Å². The van der Waals surface area contributed by atoms with Crippen LogP contribution in [0.1, 0.15) is 12.5 Å². The first kappa shape index (κ1) is 16.1. The van der Waals surface area contributed by atoms with Crippen LogP contribution in [-0.2, 0) is 4.79 Å². The van der Waals surface area contributed by atoms with Crippen molar-refractivity contribution in [1.82, 2.24) is 20.2 Å². The van der Waals surface area contributed by atoms with Crippen molar-refractivity contribution < 1.29 is 9.53 Å². The van der Waals surface area contributed by atoms with E-state index in [2.05, 4.69) is 25.5 Å². The summed E-state index contributed by atoms with van der Waals surface area (Å²) in [7, 11) is 0. The second-order valence-electron chi connectivity index (χ2n) is 5.11. The molecule has 8 heteroatoms. The Balaban J connectivity index is 1.61. The summed E-state index contributed by atoms with van der Waals surface area (Å²) in [5, 5.41) is 18.0. The van der Waals surface area contributed by atoms with Crippen LogP contribution in [0.15, 0.2) is 48.7 Å². The molecule has 0 saturated carbocycles. The molecule has 3 aromatic rings. The number of benzene rings is 1. The van der Waals surface area contributed by atoms with Crippen LogP contribution in [0.25, 0.3) is 11.5 Å². The predicted octanol–water partition coefficient (Wildman–Crippen LogP) is 2.14. The molecule has 8 nitrogen and oxygen atoms in total. The summed E-state index contributed by atoms with van der Waals surface area (Å²) in [5.41, 5.74) is 1.14. The van der Waals surface area contributed by atoms with Crippen molar-refractivity contribution in [2.24, 2.45) is 0 Å². The number of pyridine rings is 1. The van der Waals surface area contributed by atoms with Crippen LogP contribution in [0, 0.1) is 11.3 Å². The van der Waals surface area contributed by atoms with Crippen molar-refractivity contribution in [2.45, 2.75) is 13.0 Å². The fourth-order valence-corrected chi connectivity index (χ4v) is 2.01. The SMILES string of the molecule is C[C@@H](Oc1ccc(C#N)cc1)C(=O)Nc1n[nH]c(-c2ccccn2)n1. The summed E-state index contributed by atoms with van der Waals surface area (Å²) in [4.78, 5) is 20.5. The van der Waals surface area contributed by atoms with Gasteiger partial charge < -0.3 is 4.74 Å². The van der Waals surface area contributed by atoms with Gasteiger partial charge >= 0.3 is 0 Å². The topological polar surface area (TPSA) is 117 Å². The van der Waals surface area contributed by atoms with E-state index in [1.54, 1.807) is 49.5 Å². The van der Waals surface area contributed by atoms with E-state index in [4.69, 9.17) is 10.00 Å². The Bertz CT molecular complexity index is 899. The van der Waals surface area contributed by atoms with Gasteiger partial charge in [0.1, 0.15) is 11.4 Å². The number of aromatic nitrogens is 4. The van der Waals surface area contributed by atoms with Crippen LogP contribution >= 0.6 is 0 Å². The molecule has 25 heavy (non-hydrogen) atoms.